The molecule has 1 atom stereocenters. The molecule has 1 fully saturated rings. The van der Waals surface area contributed by atoms with Gasteiger partial charge in [-0.05, 0) is 35.7 Å². The van der Waals surface area contributed by atoms with E-state index in [1.807, 2.05) is 19.9 Å². The first-order valence-electron chi connectivity index (χ1n) is 10.0. The maximum Gasteiger partial charge on any atom is 0.256 e. The number of ether oxygens (including phenoxy) is 1. The van der Waals surface area contributed by atoms with Gasteiger partial charge in [-0.1, -0.05) is 38.1 Å². The molecule has 0 aliphatic carbocycles. The van der Waals surface area contributed by atoms with Crippen molar-refractivity contribution in [3.63, 3.8) is 0 Å². The van der Waals surface area contributed by atoms with E-state index in [0.29, 0.717) is 32.8 Å². The van der Waals surface area contributed by atoms with Crippen molar-refractivity contribution in [3.8, 4) is 0 Å². The fraction of sp³-hybridized carbons (Fsp3) is 0.435. The van der Waals surface area contributed by atoms with Crippen LogP contribution in [0.15, 0.2) is 48.5 Å². The lowest BCUT2D eigenvalue weighted by molar-refractivity contribution is -0.0438. The van der Waals surface area contributed by atoms with Crippen LogP contribution in [0, 0.1) is 17.6 Å². The SMILES string of the molecule is CC(C)CN(C[C@@H]1CN(Cc2cccc(F)c2)CCO1)C(=O)c1ccccc1F. The summed E-state index contributed by atoms with van der Waals surface area (Å²) in [6.07, 6.45) is -0.174. The predicted molar refractivity (Wildman–Crippen MR) is 109 cm³/mol. The standard InChI is InChI=1S/C23H28F2N2O2/c1-17(2)13-27(23(28)21-8-3-4-9-22(21)25)16-20-15-26(10-11-29-20)14-18-6-5-7-19(24)12-18/h3-9,12,17,20H,10-11,13-16H2,1-2H3/t20-/m0/s1. The third-order valence-electron chi connectivity index (χ3n) is 4.92. The van der Waals surface area contributed by atoms with Crippen LogP contribution in [-0.2, 0) is 11.3 Å². The average Bonchev–Trinajstić information content (AvgIpc) is 2.67. The van der Waals surface area contributed by atoms with Gasteiger partial charge in [0.1, 0.15) is 11.6 Å². The van der Waals surface area contributed by atoms with Crippen molar-refractivity contribution in [2.24, 2.45) is 5.92 Å². The average molecular weight is 402 g/mol. The van der Waals surface area contributed by atoms with E-state index in [4.69, 9.17) is 4.74 Å². The topological polar surface area (TPSA) is 32.8 Å². The summed E-state index contributed by atoms with van der Waals surface area (Å²) in [5.41, 5.74) is 0.993. The molecule has 2 aromatic rings. The van der Waals surface area contributed by atoms with Crippen molar-refractivity contribution in [1.82, 2.24) is 9.80 Å². The summed E-state index contributed by atoms with van der Waals surface area (Å²) in [4.78, 5) is 16.8. The second-order valence-corrected chi connectivity index (χ2v) is 7.94. The lowest BCUT2D eigenvalue weighted by atomic mass is 10.1. The maximum absolute atomic E-state index is 14.1. The van der Waals surface area contributed by atoms with Gasteiger partial charge in [0.05, 0.1) is 18.3 Å². The molecule has 1 heterocycles. The second-order valence-electron chi connectivity index (χ2n) is 7.94. The van der Waals surface area contributed by atoms with Crippen LogP contribution in [0.1, 0.15) is 29.8 Å². The zero-order valence-corrected chi connectivity index (χ0v) is 17.0. The minimum atomic E-state index is -0.511. The number of nitrogens with zero attached hydrogens (tertiary/aromatic N) is 2. The number of amides is 1. The van der Waals surface area contributed by atoms with Crippen LogP contribution in [0.2, 0.25) is 0 Å². The smallest absolute Gasteiger partial charge is 0.256 e. The van der Waals surface area contributed by atoms with Crippen LogP contribution < -0.4 is 0 Å². The molecule has 6 heteroatoms. The van der Waals surface area contributed by atoms with E-state index in [9.17, 15) is 13.6 Å². The number of rotatable bonds is 7. The van der Waals surface area contributed by atoms with Crippen molar-refractivity contribution in [2.45, 2.75) is 26.5 Å². The molecular weight excluding hydrogens is 374 g/mol. The van der Waals surface area contributed by atoms with Gasteiger partial charge < -0.3 is 9.64 Å². The van der Waals surface area contributed by atoms with E-state index in [1.54, 1.807) is 23.1 Å². The molecule has 156 valence electrons. The molecule has 0 spiro atoms. The summed E-state index contributed by atoms with van der Waals surface area (Å²) in [6.45, 7) is 7.53. The van der Waals surface area contributed by atoms with E-state index in [2.05, 4.69) is 4.90 Å². The van der Waals surface area contributed by atoms with Crippen LogP contribution in [-0.4, -0.2) is 54.6 Å². The Kier molecular flexibility index (Phi) is 7.34. The highest BCUT2D eigenvalue weighted by Gasteiger charge is 2.27. The maximum atomic E-state index is 14.1. The molecule has 1 amide bonds. The molecule has 0 aromatic heterocycles. The Balaban J connectivity index is 1.67. The van der Waals surface area contributed by atoms with Crippen LogP contribution in [0.5, 0.6) is 0 Å². The summed E-state index contributed by atoms with van der Waals surface area (Å²) >= 11 is 0. The molecular formula is C23H28F2N2O2. The van der Waals surface area contributed by atoms with Gasteiger partial charge in [0.25, 0.3) is 5.91 Å². The normalized spacial score (nSPS) is 17.5. The van der Waals surface area contributed by atoms with Crippen molar-refractivity contribution >= 4 is 5.91 Å². The Morgan fingerprint density at radius 3 is 2.72 bits per heavy atom. The van der Waals surface area contributed by atoms with Crippen LogP contribution in [0.25, 0.3) is 0 Å². The molecule has 2 aromatic carbocycles. The molecule has 0 radical (unpaired) electrons. The van der Waals surface area contributed by atoms with Gasteiger partial charge in [0.2, 0.25) is 0 Å². The Morgan fingerprint density at radius 2 is 2.00 bits per heavy atom. The Hall–Kier alpha value is -2.31. The molecule has 1 aliphatic heterocycles. The lowest BCUT2D eigenvalue weighted by Crippen LogP contribution is -2.49. The largest absolute Gasteiger partial charge is 0.374 e. The molecule has 3 rings (SSSR count). The number of morpholine rings is 1. The monoisotopic (exact) mass is 402 g/mol. The minimum absolute atomic E-state index is 0.0839. The van der Waals surface area contributed by atoms with E-state index < -0.39 is 5.82 Å². The van der Waals surface area contributed by atoms with Gasteiger partial charge in [0, 0.05) is 32.7 Å². The molecule has 0 saturated carbocycles. The third-order valence-corrected chi connectivity index (χ3v) is 4.92. The third kappa shape index (κ3) is 6.08. The van der Waals surface area contributed by atoms with Crippen molar-refractivity contribution in [2.75, 3.05) is 32.8 Å². The van der Waals surface area contributed by atoms with Gasteiger partial charge in [-0.2, -0.15) is 0 Å². The lowest BCUT2D eigenvalue weighted by Gasteiger charge is -2.36. The summed E-state index contributed by atoms with van der Waals surface area (Å²) in [5, 5.41) is 0. The van der Waals surface area contributed by atoms with E-state index in [-0.39, 0.29) is 29.3 Å². The number of carbonyl (C=O) groups is 1. The van der Waals surface area contributed by atoms with Gasteiger partial charge in [-0.25, -0.2) is 8.78 Å². The first-order chi connectivity index (χ1) is 13.9. The Morgan fingerprint density at radius 1 is 1.21 bits per heavy atom. The number of carbonyl (C=O) groups excluding carboxylic acids is 1. The van der Waals surface area contributed by atoms with E-state index >= 15 is 0 Å². The number of hydrogen-bond donors (Lipinski definition) is 0. The summed E-state index contributed by atoms with van der Waals surface area (Å²) in [6, 6.07) is 12.7. The minimum Gasteiger partial charge on any atom is -0.374 e. The fourth-order valence-corrected chi connectivity index (χ4v) is 3.66. The zero-order chi connectivity index (χ0) is 20.8. The van der Waals surface area contributed by atoms with E-state index in [0.717, 1.165) is 12.1 Å². The van der Waals surface area contributed by atoms with Gasteiger partial charge in [-0.3, -0.25) is 9.69 Å². The Bertz CT molecular complexity index is 828. The molecule has 0 unspecified atom stereocenters. The number of benzene rings is 2. The zero-order valence-electron chi connectivity index (χ0n) is 17.0. The summed E-state index contributed by atoms with van der Waals surface area (Å²) in [7, 11) is 0. The molecule has 4 nitrogen and oxygen atoms in total. The highest BCUT2D eigenvalue weighted by Crippen LogP contribution is 2.16. The van der Waals surface area contributed by atoms with Gasteiger partial charge >= 0.3 is 0 Å². The number of halogens is 2. The summed E-state index contributed by atoms with van der Waals surface area (Å²) < 4.78 is 33.5. The molecule has 0 N–H and O–H groups in total. The van der Waals surface area contributed by atoms with Crippen molar-refractivity contribution < 1.29 is 18.3 Å². The Labute approximate surface area is 171 Å². The van der Waals surface area contributed by atoms with Crippen molar-refractivity contribution in [1.29, 1.82) is 0 Å². The quantitative estimate of drug-likeness (QED) is 0.703. The van der Waals surface area contributed by atoms with Gasteiger partial charge in [-0.15, -0.1) is 0 Å². The summed E-state index contributed by atoms with van der Waals surface area (Å²) in [5.74, 6) is -0.824. The fourth-order valence-electron chi connectivity index (χ4n) is 3.66. The number of hydrogen-bond acceptors (Lipinski definition) is 3. The highest BCUT2D eigenvalue weighted by atomic mass is 19.1. The van der Waals surface area contributed by atoms with Gasteiger partial charge in [0.15, 0.2) is 0 Å². The van der Waals surface area contributed by atoms with Crippen LogP contribution >= 0.6 is 0 Å². The first kappa shape index (κ1) is 21.4. The second kappa shape index (κ2) is 9.94. The van der Waals surface area contributed by atoms with E-state index in [1.165, 1.54) is 24.3 Å². The first-order valence-corrected chi connectivity index (χ1v) is 10.0. The van der Waals surface area contributed by atoms with Crippen LogP contribution in [0.4, 0.5) is 8.78 Å². The molecule has 29 heavy (non-hydrogen) atoms. The molecule has 0 bridgehead atoms. The molecule has 1 aliphatic rings. The van der Waals surface area contributed by atoms with Crippen molar-refractivity contribution in [3.05, 3.63) is 71.3 Å². The van der Waals surface area contributed by atoms with Crippen LogP contribution in [0.3, 0.4) is 0 Å². The molecule has 1 saturated heterocycles. The highest BCUT2D eigenvalue weighted by molar-refractivity contribution is 5.94. The predicted octanol–water partition coefficient (Wildman–Crippen LogP) is 3.96.